The zero-order chi connectivity index (χ0) is 22.8. The number of benzene rings is 1. The molecule has 0 bridgehead atoms. The number of hydrogen-bond donors (Lipinski definition) is 1. The molecule has 3 aromatic rings. The van der Waals surface area contributed by atoms with Gasteiger partial charge in [0.15, 0.2) is 6.61 Å². The van der Waals surface area contributed by atoms with Crippen molar-refractivity contribution < 1.29 is 27.5 Å². The molecule has 0 saturated heterocycles. The van der Waals surface area contributed by atoms with Crippen molar-refractivity contribution in [1.29, 1.82) is 0 Å². The van der Waals surface area contributed by atoms with Crippen LogP contribution in [0.15, 0.2) is 30.6 Å². The minimum absolute atomic E-state index is 0.261. The zero-order valence-corrected chi connectivity index (χ0v) is 17.7. The van der Waals surface area contributed by atoms with Crippen LogP contribution in [-0.2, 0) is 15.8 Å². The number of anilines is 1. The molecule has 164 valence electrons. The summed E-state index contributed by atoms with van der Waals surface area (Å²) in [7, 11) is 1.36. The number of ether oxygens (including phenoxy) is 1. The van der Waals surface area contributed by atoms with E-state index in [4.69, 9.17) is 4.74 Å². The zero-order valence-electron chi connectivity index (χ0n) is 16.9. The lowest BCUT2D eigenvalue weighted by Gasteiger charge is -2.18. The highest BCUT2D eigenvalue weighted by Crippen LogP contribution is 2.35. The number of aromatic nitrogens is 2. The number of carbonyl (C=O) groups excluding carboxylic acids is 2. The van der Waals surface area contributed by atoms with Crippen LogP contribution in [0.3, 0.4) is 0 Å². The number of carbonyl (C=O) groups is 2. The number of likely N-dealkylation sites (N-methyl/N-ethyl adjacent to an activating group) is 1. The van der Waals surface area contributed by atoms with Gasteiger partial charge >= 0.3 is 6.18 Å². The number of nitrogens with one attached hydrogen (secondary N) is 1. The fourth-order valence-electron chi connectivity index (χ4n) is 2.83. The predicted molar refractivity (Wildman–Crippen MR) is 110 cm³/mol. The summed E-state index contributed by atoms with van der Waals surface area (Å²) >= 11 is 1.49. The summed E-state index contributed by atoms with van der Waals surface area (Å²) in [4.78, 5) is 35.7. The van der Waals surface area contributed by atoms with Gasteiger partial charge < -0.3 is 15.0 Å². The molecule has 0 fully saturated rings. The summed E-state index contributed by atoms with van der Waals surface area (Å²) in [5, 5.41) is 2.92. The molecule has 0 unspecified atom stereocenters. The van der Waals surface area contributed by atoms with Gasteiger partial charge in [0.25, 0.3) is 5.91 Å². The average molecular weight is 452 g/mol. The fourth-order valence-corrected chi connectivity index (χ4v) is 3.82. The third-order valence-corrected chi connectivity index (χ3v) is 5.69. The molecule has 1 aromatic carbocycles. The predicted octanol–water partition coefficient (Wildman–Crippen LogP) is 3.80. The van der Waals surface area contributed by atoms with Gasteiger partial charge in [0.05, 0.1) is 23.2 Å². The van der Waals surface area contributed by atoms with E-state index >= 15 is 0 Å². The number of alkyl halides is 3. The number of para-hydroxylation sites is 1. The second kappa shape index (κ2) is 8.88. The lowest BCUT2D eigenvalue weighted by Crippen LogP contribution is -2.38. The summed E-state index contributed by atoms with van der Waals surface area (Å²) < 4.78 is 44.7. The van der Waals surface area contributed by atoms with Gasteiger partial charge in [0.1, 0.15) is 11.2 Å². The lowest BCUT2D eigenvalue weighted by molar-refractivity contribution is -0.137. The minimum atomic E-state index is -4.61. The van der Waals surface area contributed by atoms with Crippen LogP contribution in [0.25, 0.3) is 10.2 Å². The van der Waals surface area contributed by atoms with E-state index in [0.717, 1.165) is 37.7 Å². The molecule has 2 heterocycles. The molecule has 0 aliphatic heterocycles. The van der Waals surface area contributed by atoms with E-state index in [-0.39, 0.29) is 18.2 Å². The van der Waals surface area contributed by atoms with Gasteiger partial charge in [-0.05, 0) is 31.5 Å². The topological polar surface area (TPSA) is 84.4 Å². The Bertz CT molecular complexity index is 1130. The van der Waals surface area contributed by atoms with Crippen molar-refractivity contribution >= 4 is 39.1 Å². The largest absolute Gasteiger partial charge is 0.467 e. The summed E-state index contributed by atoms with van der Waals surface area (Å²) in [6.07, 6.45) is -3.27. The molecule has 0 saturated carbocycles. The number of thiophene rings is 1. The SMILES string of the molecule is Cc1sc2ncnc(OCC(=O)N(C)CC(=O)Nc3ccccc3C(F)(F)F)c2c1C. The van der Waals surface area contributed by atoms with Crippen molar-refractivity contribution in [3.63, 3.8) is 0 Å². The van der Waals surface area contributed by atoms with Crippen LogP contribution in [0.2, 0.25) is 0 Å². The van der Waals surface area contributed by atoms with Crippen LogP contribution in [-0.4, -0.2) is 46.9 Å². The molecular weight excluding hydrogens is 433 g/mol. The van der Waals surface area contributed by atoms with E-state index in [0.29, 0.717) is 0 Å². The summed E-state index contributed by atoms with van der Waals surface area (Å²) in [6, 6.07) is 4.63. The maximum atomic E-state index is 13.1. The van der Waals surface area contributed by atoms with Crippen molar-refractivity contribution in [2.45, 2.75) is 20.0 Å². The molecule has 2 amide bonds. The van der Waals surface area contributed by atoms with Gasteiger partial charge in [-0.3, -0.25) is 9.59 Å². The van der Waals surface area contributed by atoms with Gasteiger partial charge in [-0.1, -0.05) is 12.1 Å². The highest BCUT2D eigenvalue weighted by molar-refractivity contribution is 7.18. The fraction of sp³-hybridized carbons (Fsp3) is 0.300. The van der Waals surface area contributed by atoms with Crippen LogP contribution in [0.5, 0.6) is 5.88 Å². The molecule has 0 atom stereocenters. The normalized spacial score (nSPS) is 11.4. The van der Waals surface area contributed by atoms with Gasteiger partial charge in [-0.2, -0.15) is 13.2 Å². The maximum Gasteiger partial charge on any atom is 0.418 e. The third kappa shape index (κ3) is 5.10. The van der Waals surface area contributed by atoms with E-state index in [1.807, 2.05) is 13.8 Å². The van der Waals surface area contributed by atoms with Gasteiger partial charge in [-0.25, -0.2) is 9.97 Å². The number of halogens is 3. The Morgan fingerprint density at radius 3 is 2.61 bits per heavy atom. The van der Waals surface area contributed by atoms with Crippen molar-refractivity contribution in [1.82, 2.24) is 14.9 Å². The Morgan fingerprint density at radius 1 is 1.19 bits per heavy atom. The van der Waals surface area contributed by atoms with Gasteiger partial charge in [0, 0.05) is 11.9 Å². The Morgan fingerprint density at radius 2 is 1.90 bits per heavy atom. The molecule has 11 heteroatoms. The quantitative estimate of drug-likeness (QED) is 0.615. The molecule has 1 N–H and O–H groups in total. The number of nitrogens with zero attached hydrogens (tertiary/aromatic N) is 3. The molecule has 31 heavy (non-hydrogen) atoms. The number of rotatable bonds is 6. The second-order valence-corrected chi connectivity index (χ2v) is 7.98. The lowest BCUT2D eigenvalue weighted by atomic mass is 10.1. The van der Waals surface area contributed by atoms with Crippen LogP contribution in [0.4, 0.5) is 18.9 Å². The van der Waals surface area contributed by atoms with Crippen molar-refractivity contribution in [2.24, 2.45) is 0 Å². The third-order valence-electron chi connectivity index (χ3n) is 4.58. The molecule has 2 aromatic heterocycles. The molecule has 0 aliphatic rings. The maximum absolute atomic E-state index is 13.1. The highest BCUT2D eigenvalue weighted by atomic mass is 32.1. The molecule has 0 radical (unpaired) electrons. The molecule has 3 rings (SSSR count). The van der Waals surface area contributed by atoms with Gasteiger partial charge in [-0.15, -0.1) is 11.3 Å². The summed E-state index contributed by atoms with van der Waals surface area (Å²) in [5.74, 6) is -1.03. The second-order valence-electron chi connectivity index (χ2n) is 6.77. The Hall–Kier alpha value is -3.21. The first kappa shape index (κ1) is 22.5. The Labute approximate surface area is 179 Å². The van der Waals surface area contributed by atoms with E-state index in [2.05, 4.69) is 15.3 Å². The first-order valence-electron chi connectivity index (χ1n) is 9.11. The highest BCUT2D eigenvalue weighted by Gasteiger charge is 2.33. The summed E-state index contributed by atoms with van der Waals surface area (Å²) in [5.41, 5.74) is -0.377. The standard InChI is InChI=1S/C20H19F3N4O3S/c1-11-12(2)31-19-17(11)18(24-10-25-19)30-9-16(29)27(3)8-15(28)26-14-7-5-4-6-13(14)20(21,22)23/h4-7,10H,8-9H2,1-3H3,(H,26,28). The van der Waals surface area contributed by atoms with Crippen molar-refractivity contribution in [3.8, 4) is 5.88 Å². The number of amides is 2. The molecule has 0 spiro atoms. The van der Waals surface area contributed by atoms with Gasteiger partial charge in [0.2, 0.25) is 11.8 Å². The number of hydrogen-bond acceptors (Lipinski definition) is 6. The van der Waals surface area contributed by atoms with Crippen molar-refractivity contribution in [2.75, 3.05) is 25.5 Å². The van der Waals surface area contributed by atoms with Crippen LogP contribution in [0.1, 0.15) is 16.0 Å². The number of aryl methyl sites for hydroxylation is 2. The molecule has 7 nitrogen and oxygen atoms in total. The monoisotopic (exact) mass is 452 g/mol. The average Bonchev–Trinajstić information content (AvgIpc) is 3.00. The Kier molecular flexibility index (Phi) is 6.44. The van der Waals surface area contributed by atoms with Crippen molar-refractivity contribution in [3.05, 3.63) is 46.6 Å². The smallest absolute Gasteiger partial charge is 0.418 e. The van der Waals surface area contributed by atoms with E-state index in [1.54, 1.807) is 0 Å². The van der Waals surface area contributed by atoms with E-state index in [9.17, 15) is 22.8 Å². The summed E-state index contributed by atoms with van der Waals surface area (Å²) in [6.45, 7) is 3.02. The Balaban J connectivity index is 1.61. The molecular formula is C20H19F3N4O3S. The first-order valence-corrected chi connectivity index (χ1v) is 9.93. The number of fused-ring (bicyclic) bond motifs is 1. The van der Waals surface area contributed by atoms with Crippen LogP contribution in [0, 0.1) is 13.8 Å². The minimum Gasteiger partial charge on any atom is -0.467 e. The van der Waals surface area contributed by atoms with Crippen LogP contribution >= 0.6 is 11.3 Å². The first-order chi connectivity index (χ1) is 14.6. The van der Waals surface area contributed by atoms with Crippen LogP contribution < -0.4 is 10.1 Å². The molecule has 0 aliphatic carbocycles. The van der Waals surface area contributed by atoms with E-state index in [1.165, 1.54) is 36.8 Å². The van der Waals surface area contributed by atoms with E-state index < -0.39 is 30.1 Å².